The second kappa shape index (κ2) is 8.27. The monoisotopic (exact) mass is 393 g/mol. The van der Waals surface area contributed by atoms with Crippen molar-refractivity contribution in [3.63, 3.8) is 0 Å². The van der Waals surface area contributed by atoms with Crippen molar-refractivity contribution in [1.29, 1.82) is 0 Å². The van der Waals surface area contributed by atoms with Gasteiger partial charge in [0.15, 0.2) is 5.11 Å². The van der Waals surface area contributed by atoms with E-state index < -0.39 is 11.7 Å². The highest BCUT2D eigenvalue weighted by atomic mass is 32.1. The Labute approximate surface area is 162 Å². The normalized spacial score (nSPS) is 15.6. The molecule has 1 fully saturated rings. The lowest BCUT2D eigenvalue weighted by Gasteiger charge is -2.36. The molecule has 1 N–H and O–H groups in total. The highest BCUT2D eigenvalue weighted by molar-refractivity contribution is 7.80. The van der Waals surface area contributed by atoms with Crippen LogP contribution in [0.5, 0.6) is 0 Å². The summed E-state index contributed by atoms with van der Waals surface area (Å²) in [6, 6.07) is 13.5. The summed E-state index contributed by atoms with van der Waals surface area (Å²) in [6.45, 7) is 5.54. The summed E-state index contributed by atoms with van der Waals surface area (Å²) in [5, 5.41) is 3.97. The predicted octanol–water partition coefficient (Wildman–Crippen LogP) is 4.53. The summed E-state index contributed by atoms with van der Waals surface area (Å²) in [5.41, 5.74) is 2.21. The molecule has 3 rings (SSSR count). The molecule has 0 unspecified atom stereocenters. The number of rotatable bonds is 3. The average molecular weight is 393 g/mol. The summed E-state index contributed by atoms with van der Waals surface area (Å²) in [5.74, 6) is 0. The molecule has 2 aromatic carbocycles. The molecule has 0 amide bonds. The minimum atomic E-state index is -4.30. The number of aryl methyl sites for hydroxylation is 1. The van der Waals surface area contributed by atoms with Crippen LogP contribution in [-0.2, 0) is 12.7 Å². The third kappa shape index (κ3) is 5.20. The maximum atomic E-state index is 12.9. The van der Waals surface area contributed by atoms with Crippen LogP contribution in [-0.4, -0.2) is 41.1 Å². The Hall–Kier alpha value is -2.12. The molecule has 3 nitrogen and oxygen atoms in total. The zero-order chi connectivity index (χ0) is 19.4. The SMILES string of the molecule is Cc1ccccc1NC(=S)N1CCN(Cc2cccc(C(F)(F)F)c2)CC1. The van der Waals surface area contributed by atoms with Crippen molar-refractivity contribution in [1.82, 2.24) is 9.80 Å². The summed E-state index contributed by atoms with van der Waals surface area (Å²) in [7, 11) is 0. The standard InChI is InChI=1S/C20H22F3N3S/c1-15-5-2-3-8-18(15)24-19(27)26-11-9-25(10-12-26)14-16-6-4-7-17(13-16)20(21,22)23/h2-8,13H,9-12,14H2,1H3,(H,24,27). The highest BCUT2D eigenvalue weighted by Gasteiger charge is 2.30. The van der Waals surface area contributed by atoms with Gasteiger partial charge in [-0.15, -0.1) is 0 Å². The van der Waals surface area contributed by atoms with Crippen LogP contribution in [0.3, 0.4) is 0 Å². The van der Waals surface area contributed by atoms with E-state index in [4.69, 9.17) is 12.2 Å². The molecule has 1 aliphatic rings. The maximum absolute atomic E-state index is 12.9. The van der Waals surface area contributed by atoms with Crippen LogP contribution < -0.4 is 5.32 Å². The summed E-state index contributed by atoms with van der Waals surface area (Å²) in [4.78, 5) is 4.26. The molecule has 0 aromatic heterocycles. The van der Waals surface area contributed by atoms with E-state index >= 15 is 0 Å². The molecule has 2 aromatic rings. The van der Waals surface area contributed by atoms with Crippen molar-refractivity contribution in [2.75, 3.05) is 31.5 Å². The van der Waals surface area contributed by atoms with Crippen LogP contribution in [0.15, 0.2) is 48.5 Å². The van der Waals surface area contributed by atoms with Gasteiger partial charge in [-0.2, -0.15) is 13.2 Å². The number of para-hydroxylation sites is 1. The summed E-state index contributed by atoms with van der Waals surface area (Å²) < 4.78 is 38.6. The first-order valence-electron chi connectivity index (χ1n) is 8.83. The largest absolute Gasteiger partial charge is 0.416 e. The summed E-state index contributed by atoms with van der Waals surface area (Å²) in [6.07, 6.45) is -4.30. The molecule has 1 saturated heterocycles. The van der Waals surface area contributed by atoms with Gasteiger partial charge in [-0.05, 0) is 42.4 Å². The van der Waals surface area contributed by atoms with Crippen molar-refractivity contribution >= 4 is 23.0 Å². The Morgan fingerprint density at radius 2 is 1.74 bits per heavy atom. The lowest BCUT2D eigenvalue weighted by Crippen LogP contribution is -2.49. The molecule has 0 spiro atoms. The molecule has 7 heteroatoms. The Morgan fingerprint density at radius 3 is 2.41 bits per heavy atom. The lowest BCUT2D eigenvalue weighted by atomic mass is 10.1. The zero-order valence-electron chi connectivity index (χ0n) is 15.1. The first-order valence-corrected chi connectivity index (χ1v) is 9.24. The first kappa shape index (κ1) is 19.6. The van der Waals surface area contributed by atoms with Crippen molar-refractivity contribution in [3.05, 3.63) is 65.2 Å². The lowest BCUT2D eigenvalue weighted by molar-refractivity contribution is -0.137. The molecule has 1 aliphatic heterocycles. The molecule has 27 heavy (non-hydrogen) atoms. The Morgan fingerprint density at radius 1 is 1.04 bits per heavy atom. The van der Waals surface area contributed by atoms with Crippen molar-refractivity contribution in [2.24, 2.45) is 0 Å². The van der Waals surface area contributed by atoms with Gasteiger partial charge in [0.1, 0.15) is 0 Å². The molecule has 0 radical (unpaired) electrons. The molecule has 1 heterocycles. The number of piperazine rings is 1. The van der Waals surface area contributed by atoms with Gasteiger partial charge in [0.05, 0.1) is 5.56 Å². The molecule has 0 aliphatic carbocycles. The molecule has 0 atom stereocenters. The predicted molar refractivity (Wildman–Crippen MR) is 106 cm³/mol. The second-order valence-electron chi connectivity index (χ2n) is 6.71. The van der Waals surface area contributed by atoms with Gasteiger partial charge < -0.3 is 10.2 Å². The number of nitrogens with zero attached hydrogens (tertiary/aromatic N) is 2. The number of thiocarbonyl (C=S) groups is 1. The number of nitrogens with one attached hydrogen (secondary N) is 1. The van der Waals surface area contributed by atoms with Crippen molar-refractivity contribution in [2.45, 2.75) is 19.6 Å². The smallest absolute Gasteiger partial charge is 0.346 e. The molecule has 0 saturated carbocycles. The third-order valence-electron chi connectivity index (χ3n) is 4.71. The van der Waals surface area contributed by atoms with Gasteiger partial charge >= 0.3 is 6.18 Å². The molecular weight excluding hydrogens is 371 g/mol. The van der Waals surface area contributed by atoms with Crippen LogP contribution >= 0.6 is 12.2 Å². The van der Waals surface area contributed by atoms with E-state index in [2.05, 4.69) is 15.1 Å². The van der Waals surface area contributed by atoms with Crippen LogP contribution in [0.2, 0.25) is 0 Å². The topological polar surface area (TPSA) is 18.5 Å². The van der Waals surface area contributed by atoms with Crippen molar-refractivity contribution < 1.29 is 13.2 Å². The van der Waals surface area contributed by atoms with Gasteiger partial charge in [-0.3, -0.25) is 4.90 Å². The van der Waals surface area contributed by atoms with E-state index in [1.807, 2.05) is 31.2 Å². The molecule has 144 valence electrons. The highest BCUT2D eigenvalue weighted by Crippen LogP contribution is 2.29. The maximum Gasteiger partial charge on any atom is 0.416 e. The van der Waals surface area contributed by atoms with E-state index in [-0.39, 0.29) is 0 Å². The first-order chi connectivity index (χ1) is 12.8. The molecule has 0 bridgehead atoms. The fourth-order valence-corrected chi connectivity index (χ4v) is 3.41. The van der Waals surface area contributed by atoms with Crippen LogP contribution in [0.25, 0.3) is 0 Å². The third-order valence-corrected chi connectivity index (χ3v) is 5.07. The van der Waals surface area contributed by atoms with E-state index in [0.717, 1.165) is 43.5 Å². The number of hydrogen-bond donors (Lipinski definition) is 1. The van der Waals surface area contributed by atoms with E-state index in [1.54, 1.807) is 6.07 Å². The number of halogens is 3. The average Bonchev–Trinajstić information content (AvgIpc) is 2.64. The van der Waals surface area contributed by atoms with Gasteiger partial charge in [0.2, 0.25) is 0 Å². The number of hydrogen-bond acceptors (Lipinski definition) is 2. The fraction of sp³-hybridized carbons (Fsp3) is 0.350. The van der Waals surface area contributed by atoms with Gasteiger partial charge in [0.25, 0.3) is 0 Å². The quantitative estimate of drug-likeness (QED) is 0.772. The van der Waals surface area contributed by atoms with E-state index in [1.165, 1.54) is 12.1 Å². The van der Waals surface area contributed by atoms with Crippen molar-refractivity contribution in [3.8, 4) is 0 Å². The second-order valence-corrected chi connectivity index (χ2v) is 7.09. The zero-order valence-corrected chi connectivity index (χ0v) is 15.9. The Kier molecular flexibility index (Phi) is 6.01. The Balaban J connectivity index is 1.53. The minimum Gasteiger partial charge on any atom is -0.346 e. The number of benzene rings is 2. The fourth-order valence-electron chi connectivity index (χ4n) is 3.12. The number of anilines is 1. The van der Waals surface area contributed by atoms with Gasteiger partial charge in [0, 0.05) is 38.4 Å². The molecular formula is C20H22F3N3S. The van der Waals surface area contributed by atoms with Crippen LogP contribution in [0.1, 0.15) is 16.7 Å². The number of alkyl halides is 3. The summed E-state index contributed by atoms with van der Waals surface area (Å²) >= 11 is 5.51. The Bertz CT molecular complexity index is 799. The minimum absolute atomic E-state index is 0.510. The van der Waals surface area contributed by atoms with E-state index in [9.17, 15) is 13.2 Å². The van der Waals surface area contributed by atoms with E-state index in [0.29, 0.717) is 17.2 Å². The van der Waals surface area contributed by atoms with Gasteiger partial charge in [-0.1, -0.05) is 36.4 Å². The van der Waals surface area contributed by atoms with Crippen LogP contribution in [0, 0.1) is 6.92 Å². The van der Waals surface area contributed by atoms with Crippen LogP contribution in [0.4, 0.5) is 18.9 Å². The van der Waals surface area contributed by atoms with Gasteiger partial charge in [-0.25, -0.2) is 0 Å².